The number of nitrogens with zero attached hydrogens (tertiary/aromatic N) is 2. The average molecular weight is 382 g/mol. The van der Waals surface area contributed by atoms with Crippen molar-refractivity contribution in [3.05, 3.63) is 59.9 Å². The zero-order valence-corrected chi connectivity index (χ0v) is 16.1. The first-order valence-corrected chi connectivity index (χ1v) is 9.62. The van der Waals surface area contributed by atoms with Crippen molar-refractivity contribution in [3.63, 3.8) is 0 Å². The maximum Gasteiger partial charge on any atom is 0.409 e. The van der Waals surface area contributed by atoms with Gasteiger partial charge in [0.1, 0.15) is 5.69 Å². The Kier molecular flexibility index (Phi) is 6.84. The fourth-order valence-electron chi connectivity index (χ4n) is 3.15. The summed E-state index contributed by atoms with van der Waals surface area (Å²) >= 11 is 0. The van der Waals surface area contributed by atoms with Crippen LogP contribution < -0.4 is 10.6 Å². The minimum absolute atomic E-state index is 0.0286. The molecule has 0 saturated carbocycles. The number of aromatic nitrogens is 1. The maximum atomic E-state index is 12.6. The molecular formula is C21H26N4O3. The number of pyridine rings is 1. The normalized spacial score (nSPS) is 14.4. The number of hydrogen-bond acceptors (Lipinski definition) is 5. The lowest BCUT2D eigenvalue weighted by Gasteiger charge is -2.31. The van der Waals surface area contributed by atoms with Crippen molar-refractivity contribution < 1.29 is 14.3 Å². The number of hydrogen-bond donors (Lipinski definition) is 2. The Labute approximate surface area is 165 Å². The van der Waals surface area contributed by atoms with Crippen LogP contribution >= 0.6 is 0 Å². The van der Waals surface area contributed by atoms with Gasteiger partial charge in [0.15, 0.2) is 0 Å². The topological polar surface area (TPSA) is 83.6 Å². The van der Waals surface area contributed by atoms with Crippen LogP contribution in [0.1, 0.15) is 35.8 Å². The number of benzene rings is 1. The Hall–Kier alpha value is -3.09. The molecule has 2 amide bonds. The summed E-state index contributed by atoms with van der Waals surface area (Å²) in [5, 5.41) is 6.33. The highest BCUT2D eigenvalue weighted by Gasteiger charge is 2.25. The van der Waals surface area contributed by atoms with Crippen LogP contribution in [0.2, 0.25) is 0 Å². The van der Waals surface area contributed by atoms with E-state index in [1.165, 1.54) is 5.56 Å². The van der Waals surface area contributed by atoms with Gasteiger partial charge in [0.05, 0.1) is 6.61 Å². The molecule has 0 radical (unpaired) electrons. The van der Waals surface area contributed by atoms with Crippen LogP contribution in [0.15, 0.2) is 48.7 Å². The molecule has 0 aliphatic carbocycles. The van der Waals surface area contributed by atoms with Crippen molar-refractivity contribution in [1.82, 2.24) is 15.2 Å². The SMILES string of the molecule is CCOC(=O)N1CCC(NC(=O)c2cc(NCc3ccccc3)ccn2)CC1. The second-order valence-electron chi connectivity index (χ2n) is 6.70. The molecule has 0 bridgehead atoms. The molecule has 1 fully saturated rings. The summed E-state index contributed by atoms with van der Waals surface area (Å²) < 4.78 is 5.02. The van der Waals surface area contributed by atoms with Gasteiger partial charge in [0, 0.05) is 37.6 Å². The summed E-state index contributed by atoms with van der Waals surface area (Å²) in [4.78, 5) is 30.2. The van der Waals surface area contributed by atoms with E-state index in [0.29, 0.717) is 44.8 Å². The van der Waals surface area contributed by atoms with Gasteiger partial charge >= 0.3 is 6.09 Å². The van der Waals surface area contributed by atoms with Crippen LogP contribution in [0.25, 0.3) is 0 Å². The second-order valence-corrected chi connectivity index (χ2v) is 6.70. The lowest BCUT2D eigenvalue weighted by Crippen LogP contribution is -2.46. The Morgan fingerprint density at radius 2 is 1.93 bits per heavy atom. The van der Waals surface area contributed by atoms with Crippen molar-refractivity contribution in [2.45, 2.75) is 32.4 Å². The predicted octanol–water partition coefficient (Wildman–Crippen LogP) is 3.04. The minimum atomic E-state index is -0.286. The lowest BCUT2D eigenvalue weighted by molar-refractivity contribution is 0.0856. The molecule has 1 aromatic heterocycles. The highest BCUT2D eigenvalue weighted by atomic mass is 16.6. The number of carbonyl (C=O) groups excluding carboxylic acids is 2. The maximum absolute atomic E-state index is 12.6. The number of nitrogens with one attached hydrogen (secondary N) is 2. The standard InChI is InChI=1S/C21H26N4O3/c1-2-28-21(27)25-12-9-17(10-13-25)24-20(26)19-14-18(8-11-22-19)23-15-16-6-4-3-5-7-16/h3-8,11,14,17H,2,9-10,12-13,15H2,1H3,(H,22,23)(H,24,26). The number of amides is 2. The molecule has 2 aromatic rings. The number of likely N-dealkylation sites (tertiary alicyclic amines) is 1. The van der Waals surface area contributed by atoms with Crippen molar-refractivity contribution in [2.75, 3.05) is 25.0 Å². The Bertz CT molecular complexity index is 789. The molecule has 7 nitrogen and oxygen atoms in total. The van der Waals surface area contributed by atoms with Crippen LogP contribution in [0.3, 0.4) is 0 Å². The fraction of sp³-hybridized carbons (Fsp3) is 0.381. The van der Waals surface area contributed by atoms with Gasteiger partial charge in [-0.2, -0.15) is 0 Å². The van der Waals surface area contributed by atoms with Crippen LogP contribution in [-0.4, -0.2) is 47.6 Å². The van der Waals surface area contributed by atoms with E-state index in [4.69, 9.17) is 4.74 Å². The third-order valence-electron chi connectivity index (χ3n) is 4.69. The van der Waals surface area contributed by atoms with Crippen LogP contribution in [0, 0.1) is 0 Å². The van der Waals surface area contributed by atoms with E-state index in [-0.39, 0.29) is 18.0 Å². The first kappa shape index (κ1) is 19.7. The third-order valence-corrected chi connectivity index (χ3v) is 4.69. The first-order valence-electron chi connectivity index (χ1n) is 9.62. The third kappa shape index (κ3) is 5.45. The van der Waals surface area contributed by atoms with E-state index in [2.05, 4.69) is 15.6 Å². The van der Waals surface area contributed by atoms with Crippen molar-refractivity contribution in [1.29, 1.82) is 0 Å². The molecule has 2 N–H and O–H groups in total. The van der Waals surface area contributed by atoms with Gasteiger partial charge in [-0.1, -0.05) is 30.3 Å². The molecular weight excluding hydrogens is 356 g/mol. The number of rotatable bonds is 6. The average Bonchev–Trinajstić information content (AvgIpc) is 2.74. The van der Waals surface area contributed by atoms with Crippen molar-refractivity contribution >= 4 is 17.7 Å². The van der Waals surface area contributed by atoms with Crippen LogP contribution in [0.4, 0.5) is 10.5 Å². The summed E-state index contributed by atoms with van der Waals surface area (Å²) in [6.45, 7) is 4.00. The van der Waals surface area contributed by atoms with Gasteiger partial charge in [0.2, 0.25) is 0 Å². The zero-order chi connectivity index (χ0) is 19.8. The Morgan fingerprint density at radius 1 is 1.18 bits per heavy atom. The first-order chi connectivity index (χ1) is 13.7. The van der Waals surface area contributed by atoms with Gasteiger partial charge in [-0.15, -0.1) is 0 Å². The number of piperidine rings is 1. The van der Waals surface area contributed by atoms with E-state index in [9.17, 15) is 9.59 Å². The molecule has 3 rings (SSSR count). The predicted molar refractivity (Wildman–Crippen MR) is 107 cm³/mol. The summed E-state index contributed by atoms with van der Waals surface area (Å²) in [5.41, 5.74) is 2.39. The molecule has 1 saturated heterocycles. The number of ether oxygens (including phenoxy) is 1. The minimum Gasteiger partial charge on any atom is -0.450 e. The van der Waals surface area contributed by atoms with E-state index < -0.39 is 0 Å². The lowest BCUT2D eigenvalue weighted by atomic mass is 10.1. The molecule has 1 aliphatic rings. The Morgan fingerprint density at radius 3 is 2.64 bits per heavy atom. The van der Waals surface area contributed by atoms with Crippen molar-refractivity contribution in [3.8, 4) is 0 Å². The zero-order valence-electron chi connectivity index (χ0n) is 16.1. The molecule has 1 aliphatic heterocycles. The Balaban J connectivity index is 1.50. The van der Waals surface area contributed by atoms with E-state index in [1.54, 1.807) is 24.1 Å². The summed E-state index contributed by atoms with van der Waals surface area (Å²) in [6.07, 6.45) is 2.75. The van der Waals surface area contributed by atoms with E-state index in [1.807, 2.05) is 36.4 Å². The molecule has 0 spiro atoms. The largest absolute Gasteiger partial charge is 0.450 e. The smallest absolute Gasteiger partial charge is 0.409 e. The summed E-state index contributed by atoms with van der Waals surface area (Å²) in [7, 11) is 0. The summed E-state index contributed by atoms with van der Waals surface area (Å²) in [6, 6.07) is 13.7. The van der Waals surface area contributed by atoms with Gasteiger partial charge in [-0.3, -0.25) is 9.78 Å². The molecule has 148 valence electrons. The van der Waals surface area contributed by atoms with Crippen LogP contribution in [0.5, 0.6) is 0 Å². The number of anilines is 1. The molecule has 7 heteroatoms. The second kappa shape index (κ2) is 9.73. The van der Waals surface area contributed by atoms with Gasteiger partial charge in [-0.05, 0) is 37.5 Å². The van der Waals surface area contributed by atoms with Gasteiger partial charge in [0.25, 0.3) is 5.91 Å². The molecule has 28 heavy (non-hydrogen) atoms. The quantitative estimate of drug-likeness (QED) is 0.802. The van der Waals surface area contributed by atoms with Crippen molar-refractivity contribution in [2.24, 2.45) is 0 Å². The summed E-state index contributed by atoms with van der Waals surface area (Å²) in [5.74, 6) is -0.196. The monoisotopic (exact) mass is 382 g/mol. The van der Waals surface area contributed by atoms with E-state index in [0.717, 1.165) is 5.69 Å². The highest BCUT2D eigenvalue weighted by Crippen LogP contribution is 2.14. The molecule has 2 heterocycles. The van der Waals surface area contributed by atoms with Crippen LogP contribution in [-0.2, 0) is 11.3 Å². The number of carbonyl (C=O) groups is 2. The molecule has 0 unspecified atom stereocenters. The van der Waals surface area contributed by atoms with Gasteiger partial charge < -0.3 is 20.3 Å². The fourth-order valence-corrected chi connectivity index (χ4v) is 3.15. The molecule has 1 aromatic carbocycles. The highest BCUT2D eigenvalue weighted by molar-refractivity contribution is 5.93. The van der Waals surface area contributed by atoms with Gasteiger partial charge in [-0.25, -0.2) is 4.79 Å². The molecule has 0 atom stereocenters. The van der Waals surface area contributed by atoms with E-state index >= 15 is 0 Å².